The maximum absolute atomic E-state index is 13.3. The maximum atomic E-state index is 13.3. The number of para-hydroxylation sites is 1. The number of carboxylic acid groups (broad SMARTS) is 1. The van der Waals surface area contributed by atoms with Gasteiger partial charge in [0.15, 0.2) is 5.37 Å². The fourth-order valence-electron chi connectivity index (χ4n) is 2.97. The second kappa shape index (κ2) is 8.92. The van der Waals surface area contributed by atoms with Crippen molar-refractivity contribution in [3.8, 4) is 5.75 Å². The first-order valence-electron chi connectivity index (χ1n) is 8.89. The highest BCUT2D eigenvalue weighted by atomic mass is 32.2. The van der Waals surface area contributed by atoms with Gasteiger partial charge in [-0.05, 0) is 33.3 Å². The van der Waals surface area contributed by atoms with E-state index >= 15 is 0 Å². The van der Waals surface area contributed by atoms with Crippen LogP contribution in [0.2, 0.25) is 0 Å². The van der Waals surface area contributed by atoms with Gasteiger partial charge in [-0.2, -0.15) is 0 Å². The highest BCUT2D eigenvalue weighted by Crippen LogP contribution is 2.53. The van der Waals surface area contributed by atoms with E-state index in [4.69, 9.17) is 13.8 Å². The lowest BCUT2D eigenvalue weighted by Crippen LogP contribution is -2.36. The molecule has 9 nitrogen and oxygen atoms in total. The summed E-state index contributed by atoms with van der Waals surface area (Å²) in [5.41, 5.74) is 0.818. The third-order valence-electron chi connectivity index (χ3n) is 4.05. The molecule has 1 aliphatic heterocycles. The van der Waals surface area contributed by atoms with E-state index in [9.17, 15) is 18.7 Å². The van der Waals surface area contributed by atoms with Gasteiger partial charge in [0, 0.05) is 19.0 Å². The minimum atomic E-state index is -3.87. The summed E-state index contributed by atoms with van der Waals surface area (Å²) in [7, 11) is -4.67. The molecule has 1 aromatic rings. The van der Waals surface area contributed by atoms with Crippen LogP contribution in [0.4, 0.5) is 4.79 Å². The van der Waals surface area contributed by atoms with Gasteiger partial charge in [-0.15, -0.1) is 4.08 Å². The molecule has 0 spiro atoms. The van der Waals surface area contributed by atoms with Gasteiger partial charge in [-0.1, -0.05) is 18.2 Å². The molecule has 0 aliphatic carbocycles. The zero-order valence-corrected chi connectivity index (χ0v) is 18.3. The van der Waals surface area contributed by atoms with Gasteiger partial charge >= 0.3 is 13.8 Å². The van der Waals surface area contributed by atoms with Crippen molar-refractivity contribution in [2.45, 2.75) is 45.1 Å². The quantitative estimate of drug-likeness (QED) is 0.572. The average Bonchev–Trinajstić information content (AvgIpc) is 2.92. The highest BCUT2D eigenvalue weighted by molar-refractivity contribution is 7.88. The van der Waals surface area contributed by atoms with Gasteiger partial charge in [-0.3, -0.25) is 9.05 Å². The molecule has 0 saturated carbocycles. The van der Waals surface area contributed by atoms with E-state index in [1.165, 1.54) is 7.05 Å². The Labute approximate surface area is 167 Å². The Morgan fingerprint density at radius 1 is 1.39 bits per heavy atom. The standard InChI is InChI=1S/C17H27N2O7PS/c1-6-24-27(22,25-7-2)19(5)28(23)15(18-16(20)21)13-10-8-9-12-11-17(3,4)26-14(12)13/h8-10,15,18H,6-7,11H2,1-5H3,(H,20,21). The van der Waals surface area contributed by atoms with Crippen LogP contribution in [-0.2, 0) is 31.0 Å². The number of ether oxygens (including phenoxy) is 1. The predicted molar refractivity (Wildman–Crippen MR) is 106 cm³/mol. The second-order valence-electron chi connectivity index (χ2n) is 6.75. The molecule has 0 radical (unpaired) electrons. The molecule has 1 amide bonds. The van der Waals surface area contributed by atoms with E-state index in [1.807, 2.05) is 19.9 Å². The van der Waals surface area contributed by atoms with Crippen LogP contribution in [-0.4, -0.2) is 45.3 Å². The lowest BCUT2D eigenvalue weighted by molar-refractivity contribution is 0.137. The molecule has 0 saturated heterocycles. The van der Waals surface area contributed by atoms with Crippen molar-refractivity contribution >= 4 is 24.8 Å². The molecule has 28 heavy (non-hydrogen) atoms. The molecule has 0 fully saturated rings. The molecule has 11 heteroatoms. The van der Waals surface area contributed by atoms with Crippen LogP contribution in [0.15, 0.2) is 18.2 Å². The number of hydrogen-bond acceptors (Lipinski definition) is 6. The first-order chi connectivity index (χ1) is 13.0. The predicted octanol–water partition coefficient (Wildman–Crippen LogP) is 3.44. The highest BCUT2D eigenvalue weighted by Gasteiger charge is 2.41. The van der Waals surface area contributed by atoms with E-state index in [2.05, 4.69) is 5.32 Å². The zero-order chi connectivity index (χ0) is 21.1. The Morgan fingerprint density at radius 3 is 2.54 bits per heavy atom. The van der Waals surface area contributed by atoms with Crippen molar-refractivity contribution in [2.75, 3.05) is 20.3 Å². The van der Waals surface area contributed by atoms with Gasteiger partial charge in [0.1, 0.15) is 22.3 Å². The van der Waals surface area contributed by atoms with Gasteiger partial charge in [0.05, 0.1) is 13.2 Å². The van der Waals surface area contributed by atoms with Crippen molar-refractivity contribution in [3.05, 3.63) is 29.3 Å². The Kier molecular flexibility index (Phi) is 7.27. The Bertz CT molecular complexity index is 792. The number of amides is 1. The van der Waals surface area contributed by atoms with Crippen molar-refractivity contribution in [1.29, 1.82) is 0 Å². The van der Waals surface area contributed by atoms with Gasteiger partial charge in [0.2, 0.25) is 0 Å². The van der Waals surface area contributed by atoms with Gasteiger partial charge < -0.3 is 15.2 Å². The molecular weight excluding hydrogens is 407 g/mol. The van der Waals surface area contributed by atoms with E-state index in [-0.39, 0.29) is 13.2 Å². The van der Waals surface area contributed by atoms with Crippen molar-refractivity contribution < 1.29 is 32.5 Å². The molecule has 0 aromatic heterocycles. The summed E-state index contributed by atoms with van der Waals surface area (Å²) in [5.74, 6) is 0.482. The molecule has 0 bridgehead atoms. The van der Waals surface area contributed by atoms with Crippen molar-refractivity contribution in [3.63, 3.8) is 0 Å². The lowest BCUT2D eigenvalue weighted by Gasteiger charge is -2.29. The molecule has 2 atom stereocenters. The van der Waals surface area contributed by atoms with Crippen molar-refractivity contribution in [2.24, 2.45) is 0 Å². The van der Waals surface area contributed by atoms with Gasteiger partial charge in [0.25, 0.3) is 0 Å². The molecule has 1 aliphatic rings. The van der Waals surface area contributed by atoms with Crippen LogP contribution in [0.5, 0.6) is 5.75 Å². The minimum Gasteiger partial charge on any atom is -0.487 e. The van der Waals surface area contributed by atoms with Crippen LogP contribution < -0.4 is 10.1 Å². The number of nitrogens with zero attached hydrogens (tertiary/aromatic N) is 1. The first-order valence-corrected chi connectivity index (χ1v) is 11.6. The summed E-state index contributed by atoms with van der Waals surface area (Å²) in [6.07, 6.45) is -0.737. The van der Waals surface area contributed by atoms with Crippen LogP contribution in [0.25, 0.3) is 0 Å². The first kappa shape index (κ1) is 22.8. The molecular formula is C17H27N2O7PS. The SMILES string of the molecule is CCOP(=O)(OCC)N(C)S(=O)C(NC(=O)O)c1cccc2c1OC(C)(C)C2. The van der Waals surface area contributed by atoms with E-state index in [1.54, 1.807) is 26.0 Å². The molecule has 1 heterocycles. The largest absolute Gasteiger partial charge is 0.487 e. The van der Waals surface area contributed by atoms with Crippen LogP contribution in [0.1, 0.15) is 44.2 Å². The summed E-state index contributed by atoms with van der Waals surface area (Å²) in [4.78, 5) is 11.4. The minimum absolute atomic E-state index is 0.0773. The van der Waals surface area contributed by atoms with Crippen LogP contribution in [0, 0.1) is 0 Å². The fourth-order valence-corrected chi connectivity index (χ4v) is 6.29. The van der Waals surface area contributed by atoms with Gasteiger partial charge in [-0.25, -0.2) is 13.6 Å². The molecule has 158 valence electrons. The molecule has 1 aromatic carbocycles. The monoisotopic (exact) mass is 434 g/mol. The molecule has 2 unspecified atom stereocenters. The van der Waals surface area contributed by atoms with E-state index in [0.717, 1.165) is 9.64 Å². The summed E-state index contributed by atoms with van der Waals surface area (Å²) < 4.78 is 43.6. The summed E-state index contributed by atoms with van der Waals surface area (Å²) in [6.45, 7) is 7.25. The van der Waals surface area contributed by atoms with Crippen LogP contribution >= 0.6 is 7.75 Å². The van der Waals surface area contributed by atoms with Crippen molar-refractivity contribution in [1.82, 2.24) is 9.39 Å². The maximum Gasteiger partial charge on any atom is 0.419 e. The van der Waals surface area contributed by atoms with E-state index < -0.39 is 35.8 Å². The number of carbonyl (C=O) groups is 1. The number of hydrogen-bond donors (Lipinski definition) is 2. The van der Waals surface area contributed by atoms with E-state index in [0.29, 0.717) is 17.7 Å². The average molecular weight is 434 g/mol. The molecule has 2 rings (SSSR count). The number of rotatable bonds is 9. The third-order valence-corrected chi connectivity index (χ3v) is 8.29. The second-order valence-corrected chi connectivity index (χ2v) is 10.6. The smallest absolute Gasteiger partial charge is 0.419 e. The zero-order valence-electron chi connectivity index (χ0n) is 16.6. The summed E-state index contributed by atoms with van der Waals surface area (Å²) in [6, 6.07) is 5.26. The Balaban J connectivity index is 2.46. The topological polar surface area (TPSA) is 114 Å². The van der Waals surface area contributed by atoms with Crippen LogP contribution in [0.3, 0.4) is 0 Å². The number of fused-ring (bicyclic) bond motifs is 1. The third kappa shape index (κ3) is 4.93. The fraction of sp³-hybridized carbons (Fsp3) is 0.588. The number of benzene rings is 1. The Morgan fingerprint density at radius 2 is 2.00 bits per heavy atom. The summed E-state index contributed by atoms with van der Waals surface area (Å²) in [5, 5.41) is 10.3. The number of nitrogens with one attached hydrogen (secondary N) is 1. The normalized spacial score (nSPS) is 17.6. The Hall–Kier alpha value is -1.45. The molecule has 2 N–H and O–H groups in total. The summed E-state index contributed by atoms with van der Waals surface area (Å²) >= 11 is 0. The lowest BCUT2D eigenvalue weighted by atomic mass is 10.0.